The lowest BCUT2D eigenvalue weighted by molar-refractivity contribution is -0.245. The van der Waals surface area contributed by atoms with Crippen LogP contribution in [-0.2, 0) is 19.0 Å². The minimum Gasteiger partial charge on any atom is -0.458 e. The van der Waals surface area contributed by atoms with Gasteiger partial charge in [0.25, 0.3) is 0 Å². The van der Waals surface area contributed by atoms with Crippen molar-refractivity contribution in [3.8, 4) is 0 Å². The first-order chi connectivity index (χ1) is 19.1. The van der Waals surface area contributed by atoms with Crippen LogP contribution in [0, 0.1) is 50.7 Å². The summed E-state index contributed by atoms with van der Waals surface area (Å²) in [4.78, 5) is 12.8. The number of carbonyl (C=O) groups excluding carboxylic acids is 1. The predicted octanol–water partition coefficient (Wildman–Crippen LogP) is 6.18. The van der Waals surface area contributed by atoms with E-state index in [-0.39, 0.29) is 69.0 Å². The lowest BCUT2D eigenvalue weighted by Crippen LogP contribution is -2.66. The Balaban J connectivity index is 1.15. The predicted molar refractivity (Wildman–Crippen MR) is 156 cm³/mol. The molecule has 0 aromatic rings. The van der Waals surface area contributed by atoms with Crippen molar-refractivity contribution in [2.45, 2.75) is 149 Å². The zero-order valence-corrected chi connectivity index (χ0v) is 26.7. The van der Waals surface area contributed by atoms with Gasteiger partial charge in [-0.15, -0.1) is 0 Å². The third-order valence-corrected chi connectivity index (χ3v) is 15.2. The monoisotopic (exact) mass is 570 g/mol. The molecule has 5 saturated carbocycles. The van der Waals surface area contributed by atoms with Crippen LogP contribution in [-0.4, -0.2) is 52.5 Å². The minimum atomic E-state index is -0.704. The standard InChI is InChI=1S/C35H54O6/c1-9-19(2)28(37)40-26-12-13-32(7)23-11-14-34-18-35(34,33(23,8)25(36)17-24(32)30(26,3)4)15-10-21(34)20-16-22(39-29(20)38)27-31(5,6)41-27/h9,20-27,29,36,38H,10-18H2,1-8H3/b19-9+/t20-,21-,22+,23?,24-,25+,26-,27+,29?,32+,33-,34+,35+/m0/s1. The van der Waals surface area contributed by atoms with Crippen molar-refractivity contribution in [1.29, 1.82) is 0 Å². The number of aliphatic hydroxyl groups is 2. The summed E-state index contributed by atoms with van der Waals surface area (Å²) in [6.07, 6.45) is 10.1. The van der Waals surface area contributed by atoms with Crippen LogP contribution in [0.25, 0.3) is 0 Å². The Morgan fingerprint density at radius 3 is 2.32 bits per heavy atom. The molecule has 7 rings (SSSR count). The number of hydrogen-bond donors (Lipinski definition) is 2. The molecule has 2 heterocycles. The fourth-order valence-corrected chi connectivity index (χ4v) is 12.9. The van der Waals surface area contributed by atoms with Crippen molar-refractivity contribution in [3.05, 3.63) is 11.6 Å². The number of ether oxygens (including phenoxy) is 3. The smallest absolute Gasteiger partial charge is 0.333 e. The second-order valence-corrected chi connectivity index (χ2v) is 17.1. The SMILES string of the molecule is C/C=C(\C)C(=O)O[C@H]1CC[C@]2(C)C3CC[C@]45C[C@]4(CC[C@H]5[C@@H]4C[C@H]([C@H]5OC5(C)C)OC4O)[C@]3(C)[C@H](O)C[C@H]2C1(C)C. The van der Waals surface area contributed by atoms with E-state index in [1.54, 1.807) is 0 Å². The zero-order valence-electron chi connectivity index (χ0n) is 26.7. The van der Waals surface area contributed by atoms with E-state index >= 15 is 0 Å². The van der Waals surface area contributed by atoms with Crippen LogP contribution in [0.3, 0.4) is 0 Å². The van der Waals surface area contributed by atoms with Gasteiger partial charge in [-0.2, -0.15) is 0 Å². The fraction of sp³-hybridized carbons (Fsp3) is 0.914. The Kier molecular flexibility index (Phi) is 6.05. The van der Waals surface area contributed by atoms with Gasteiger partial charge in [-0.1, -0.05) is 33.8 Å². The minimum absolute atomic E-state index is 0.00913. The van der Waals surface area contributed by atoms with Crippen LogP contribution < -0.4 is 0 Å². The van der Waals surface area contributed by atoms with Crippen LogP contribution in [0.15, 0.2) is 11.6 Å². The number of rotatable bonds is 4. The van der Waals surface area contributed by atoms with Gasteiger partial charge in [0.1, 0.15) is 12.2 Å². The lowest BCUT2D eigenvalue weighted by atomic mass is 9.37. The molecular formula is C35H54O6. The van der Waals surface area contributed by atoms with E-state index in [9.17, 15) is 15.0 Å². The Labute approximate surface area is 247 Å². The van der Waals surface area contributed by atoms with E-state index in [1.165, 1.54) is 12.8 Å². The Morgan fingerprint density at radius 1 is 0.951 bits per heavy atom. The molecule has 7 aliphatic rings. The average Bonchev–Trinajstić information content (AvgIpc) is 3.66. The van der Waals surface area contributed by atoms with Gasteiger partial charge in [0.15, 0.2) is 6.29 Å². The summed E-state index contributed by atoms with van der Waals surface area (Å²) in [5.41, 5.74) is 0.673. The highest BCUT2D eigenvalue weighted by Crippen LogP contribution is 2.91. The summed E-state index contributed by atoms with van der Waals surface area (Å²) in [6, 6.07) is 0. The average molecular weight is 571 g/mol. The highest BCUT2D eigenvalue weighted by molar-refractivity contribution is 5.87. The van der Waals surface area contributed by atoms with E-state index in [2.05, 4.69) is 41.5 Å². The maximum atomic E-state index is 12.8. The van der Waals surface area contributed by atoms with E-state index < -0.39 is 6.29 Å². The van der Waals surface area contributed by atoms with E-state index in [0.717, 1.165) is 44.9 Å². The van der Waals surface area contributed by atoms with Crippen molar-refractivity contribution in [1.82, 2.24) is 0 Å². The fourth-order valence-electron chi connectivity index (χ4n) is 12.9. The van der Waals surface area contributed by atoms with E-state index in [4.69, 9.17) is 14.2 Å². The van der Waals surface area contributed by atoms with Gasteiger partial charge >= 0.3 is 5.97 Å². The van der Waals surface area contributed by atoms with Crippen molar-refractivity contribution in [2.24, 2.45) is 50.7 Å². The van der Waals surface area contributed by atoms with Crippen LogP contribution in [0.1, 0.15) is 113 Å². The number of epoxide rings is 1. The van der Waals surface area contributed by atoms with Crippen molar-refractivity contribution in [2.75, 3.05) is 0 Å². The molecule has 0 amide bonds. The molecule has 6 heteroatoms. The molecule has 0 spiro atoms. The normalized spacial score (nSPS) is 56.2. The zero-order chi connectivity index (χ0) is 29.5. The number of aliphatic hydroxyl groups excluding tert-OH is 2. The van der Waals surface area contributed by atoms with Gasteiger partial charge < -0.3 is 24.4 Å². The molecule has 0 aromatic heterocycles. The molecular weight excluding hydrogens is 516 g/mol. The Bertz CT molecular complexity index is 1160. The van der Waals surface area contributed by atoms with Gasteiger partial charge in [-0.3, -0.25) is 0 Å². The van der Waals surface area contributed by atoms with Gasteiger partial charge in [-0.05, 0) is 119 Å². The lowest BCUT2D eigenvalue weighted by Gasteiger charge is -2.68. The van der Waals surface area contributed by atoms with Gasteiger partial charge in [-0.25, -0.2) is 4.79 Å². The molecule has 6 nitrogen and oxygen atoms in total. The van der Waals surface area contributed by atoms with Crippen LogP contribution >= 0.6 is 0 Å². The highest BCUT2D eigenvalue weighted by atomic mass is 16.7. The molecule has 2 aliphatic heterocycles. The molecule has 230 valence electrons. The number of fused-ring (bicyclic) bond motifs is 3. The highest BCUT2D eigenvalue weighted by Gasteiger charge is 2.86. The first kappa shape index (κ1) is 28.8. The number of hydrogen-bond acceptors (Lipinski definition) is 6. The second kappa shape index (κ2) is 8.61. The van der Waals surface area contributed by atoms with Crippen molar-refractivity contribution < 1.29 is 29.2 Å². The van der Waals surface area contributed by atoms with Crippen molar-refractivity contribution in [3.63, 3.8) is 0 Å². The van der Waals surface area contributed by atoms with Gasteiger partial charge in [0.05, 0.1) is 17.8 Å². The van der Waals surface area contributed by atoms with E-state index in [1.807, 2.05) is 19.9 Å². The summed E-state index contributed by atoms with van der Waals surface area (Å²) in [5, 5.41) is 23.4. The van der Waals surface area contributed by atoms with Crippen molar-refractivity contribution >= 4 is 5.97 Å². The molecule has 0 radical (unpaired) electrons. The molecule has 0 aromatic carbocycles. The third-order valence-electron chi connectivity index (χ3n) is 15.2. The summed E-state index contributed by atoms with van der Waals surface area (Å²) >= 11 is 0. The third kappa shape index (κ3) is 3.48. The van der Waals surface area contributed by atoms with Gasteiger partial charge in [0, 0.05) is 22.3 Å². The molecule has 41 heavy (non-hydrogen) atoms. The quantitative estimate of drug-likeness (QED) is 0.239. The molecule has 2 unspecified atom stereocenters. The Hall–Kier alpha value is -0.950. The summed E-state index contributed by atoms with van der Waals surface area (Å²) in [5.74, 6) is 1.17. The summed E-state index contributed by atoms with van der Waals surface area (Å²) in [6.45, 7) is 17.5. The van der Waals surface area contributed by atoms with Gasteiger partial charge in [0.2, 0.25) is 0 Å². The first-order valence-electron chi connectivity index (χ1n) is 16.6. The molecule has 2 saturated heterocycles. The van der Waals surface area contributed by atoms with Crippen LogP contribution in [0.2, 0.25) is 0 Å². The molecule has 2 N–H and O–H groups in total. The second-order valence-electron chi connectivity index (χ2n) is 17.1. The van der Waals surface area contributed by atoms with Crippen LogP contribution in [0.4, 0.5) is 0 Å². The first-order valence-corrected chi connectivity index (χ1v) is 16.6. The number of carbonyl (C=O) groups is 1. The topological polar surface area (TPSA) is 88.5 Å². The molecule has 7 fully saturated rings. The maximum Gasteiger partial charge on any atom is 0.333 e. The largest absolute Gasteiger partial charge is 0.458 e. The molecule has 13 atom stereocenters. The molecule has 0 bridgehead atoms. The van der Waals surface area contributed by atoms with E-state index in [0.29, 0.717) is 23.3 Å². The number of esters is 1. The maximum absolute atomic E-state index is 12.8. The van der Waals surface area contributed by atoms with Crippen LogP contribution in [0.5, 0.6) is 0 Å². The molecule has 5 aliphatic carbocycles. The number of allylic oxidation sites excluding steroid dienone is 1. The summed E-state index contributed by atoms with van der Waals surface area (Å²) < 4.78 is 18.2. The Morgan fingerprint density at radius 2 is 1.66 bits per heavy atom. The summed E-state index contributed by atoms with van der Waals surface area (Å²) in [7, 11) is 0.